The Morgan fingerprint density at radius 1 is 1.28 bits per heavy atom. The van der Waals surface area contributed by atoms with Gasteiger partial charge in [0.15, 0.2) is 0 Å². The lowest BCUT2D eigenvalue weighted by atomic mass is 9.80. The molecule has 0 saturated heterocycles. The van der Waals surface area contributed by atoms with Gasteiger partial charge in [0.05, 0.1) is 5.60 Å². The standard InChI is InChI=1S/C16H23NO/c1-2-10-16(18)11-8-15(9-12-16)17-13-14-6-4-3-5-7-14/h2-7,15,17-18H,1,8-13H2. The maximum Gasteiger partial charge on any atom is 0.0683 e. The summed E-state index contributed by atoms with van der Waals surface area (Å²) in [4.78, 5) is 0. The second-order valence-corrected chi connectivity index (χ2v) is 5.36. The van der Waals surface area contributed by atoms with Gasteiger partial charge in [-0.25, -0.2) is 0 Å². The first-order valence-corrected chi connectivity index (χ1v) is 6.82. The van der Waals surface area contributed by atoms with Crippen molar-refractivity contribution in [3.63, 3.8) is 0 Å². The van der Waals surface area contributed by atoms with Gasteiger partial charge in [0, 0.05) is 12.6 Å². The van der Waals surface area contributed by atoms with Crippen LogP contribution in [0.3, 0.4) is 0 Å². The molecular formula is C16H23NO. The van der Waals surface area contributed by atoms with Crippen LogP contribution < -0.4 is 5.32 Å². The molecule has 0 aromatic heterocycles. The number of aliphatic hydroxyl groups is 1. The van der Waals surface area contributed by atoms with Crippen LogP contribution in [0.1, 0.15) is 37.7 Å². The van der Waals surface area contributed by atoms with E-state index in [9.17, 15) is 5.11 Å². The molecule has 0 unspecified atom stereocenters. The molecule has 0 bridgehead atoms. The van der Waals surface area contributed by atoms with E-state index in [4.69, 9.17) is 0 Å². The van der Waals surface area contributed by atoms with Gasteiger partial charge in [-0.05, 0) is 37.7 Å². The summed E-state index contributed by atoms with van der Waals surface area (Å²) in [6.45, 7) is 4.64. The third-order valence-electron chi connectivity index (χ3n) is 3.88. The van der Waals surface area contributed by atoms with Crippen LogP contribution in [-0.4, -0.2) is 16.7 Å². The first-order valence-electron chi connectivity index (χ1n) is 6.82. The fourth-order valence-electron chi connectivity index (χ4n) is 2.69. The van der Waals surface area contributed by atoms with Crippen LogP contribution in [0.25, 0.3) is 0 Å². The smallest absolute Gasteiger partial charge is 0.0683 e. The quantitative estimate of drug-likeness (QED) is 0.782. The van der Waals surface area contributed by atoms with Crippen LogP contribution in [0.5, 0.6) is 0 Å². The molecule has 98 valence electrons. The third kappa shape index (κ3) is 3.69. The van der Waals surface area contributed by atoms with Crippen molar-refractivity contribution in [3.05, 3.63) is 48.6 Å². The van der Waals surface area contributed by atoms with Crippen LogP contribution >= 0.6 is 0 Å². The average molecular weight is 245 g/mol. The fraction of sp³-hybridized carbons (Fsp3) is 0.500. The fourth-order valence-corrected chi connectivity index (χ4v) is 2.69. The van der Waals surface area contributed by atoms with Gasteiger partial charge in [-0.3, -0.25) is 0 Å². The van der Waals surface area contributed by atoms with E-state index in [0.717, 1.165) is 38.6 Å². The van der Waals surface area contributed by atoms with Crippen LogP contribution in [0, 0.1) is 0 Å². The van der Waals surface area contributed by atoms with Crippen molar-refractivity contribution >= 4 is 0 Å². The third-order valence-corrected chi connectivity index (χ3v) is 3.88. The predicted octanol–water partition coefficient (Wildman–Crippen LogP) is 3.03. The Labute approximate surface area is 110 Å². The Morgan fingerprint density at radius 3 is 2.56 bits per heavy atom. The maximum absolute atomic E-state index is 10.3. The van der Waals surface area contributed by atoms with Crippen molar-refractivity contribution in [2.45, 2.75) is 50.3 Å². The second kappa shape index (κ2) is 6.17. The van der Waals surface area contributed by atoms with Crippen molar-refractivity contribution in [3.8, 4) is 0 Å². The largest absolute Gasteiger partial charge is 0.390 e. The van der Waals surface area contributed by atoms with Gasteiger partial charge in [0.25, 0.3) is 0 Å². The normalized spacial score (nSPS) is 27.9. The maximum atomic E-state index is 10.3. The SMILES string of the molecule is C=CCC1(O)CCC(NCc2ccccc2)CC1. The van der Waals surface area contributed by atoms with Crippen molar-refractivity contribution in [1.82, 2.24) is 5.32 Å². The summed E-state index contributed by atoms with van der Waals surface area (Å²) in [5, 5.41) is 13.9. The van der Waals surface area contributed by atoms with E-state index in [0.29, 0.717) is 6.04 Å². The first-order chi connectivity index (χ1) is 8.72. The van der Waals surface area contributed by atoms with Crippen molar-refractivity contribution in [2.24, 2.45) is 0 Å². The summed E-state index contributed by atoms with van der Waals surface area (Å²) in [5.41, 5.74) is 0.830. The topological polar surface area (TPSA) is 32.3 Å². The van der Waals surface area contributed by atoms with Gasteiger partial charge in [-0.1, -0.05) is 36.4 Å². The second-order valence-electron chi connectivity index (χ2n) is 5.36. The molecule has 2 nitrogen and oxygen atoms in total. The molecule has 1 aliphatic rings. The number of benzene rings is 1. The molecule has 0 atom stereocenters. The van der Waals surface area contributed by atoms with Crippen LogP contribution in [-0.2, 0) is 6.54 Å². The molecule has 2 rings (SSSR count). The minimum atomic E-state index is -0.493. The van der Waals surface area contributed by atoms with Crippen molar-refractivity contribution < 1.29 is 5.11 Å². The van der Waals surface area contributed by atoms with E-state index in [1.807, 2.05) is 12.1 Å². The average Bonchev–Trinajstić information content (AvgIpc) is 2.40. The van der Waals surface area contributed by atoms with Gasteiger partial charge in [0.1, 0.15) is 0 Å². The van der Waals surface area contributed by atoms with E-state index in [-0.39, 0.29) is 0 Å². The molecule has 1 fully saturated rings. The van der Waals surface area contributed by atoms with Crippen molar-refractivity contribution in [2.75, 3.05) is 0 Å². The van der Waals surface area contributed by atoms with E-state index in [1.165, 1.54) is 5.56 Å². The Bertz CT molecular complexity index is 366. The number of hydrogen-bond donors (Lipinski definition) is 2. The molecule has 1 aromatic rings. The summed E-state index contributed by atoms with van der Waals surface area (Å²) >= 11 is 0. The first kappa shape index (κ1) is 13.3. The lowest BCUT2D eigenvalue weighted by molar-refractivity contribution is -0.000832. The van der Waals surface area contributed by atoms with Gasteiger partial charge >= 0.3 is 0 Å². The zero-order valence-electron chi connectivity index (χ0n) is 10.9. The Morgan fingerprint density at radius 2 is 1.94 bits per heavy atom. The van der Waals surface area contributed by atoms with Crippen LogP contribution in [0.4, 0.5) is 0 Å². The summed E-state index contributed by atoms with van der Waals surface area (Å²) in [6, 6.07) is 11.0. The van der Waals surface area contributed by atoms with Gasteiger partial charge in [0.2, 0.25) is 0 Å². The zero-order chi connectivity index (χ0) is 12.8. The number of hydrogen-bond acceptors (Lipinski definition) is 2. The molecule has 0 aliphatic heterocycles. The predicted molar refractivity (Wildman–Crippen MR) is 75.3 cm³/mol. The summed E-state index contributed by atoms with van der Waals surface area (Å²) in [5.74, 6) is 0. The highest BCUT2D eigenvalue weighted by Crippen LogP contribution is 2.31. The molecule has 1 aromatic carbocycles. The molecule has 0 heterocycles. The Balaban J connectivity index is 1.75. The van der Waals surface area contributed by atoms with Crippen molar-refractivity contribution in [1.29, 1.82) is 0 Å². The van der Waals surface area contributed by atoms with Gasteiger partial charge < -0.3 is 10.4 Å². The molecule has 0 spiro atoms. The zero-order valence-corrected chi connectivity index (χ0v) is 10.9. The Hall–Kier alpha value is -1.12. The highest BCUT2D eigenvalue weighted by atomic mass is 16.3. The van der Waals surface area contributed by atoms with Gasteiger partial charge in [-0.2, -0.15) is 0 Å². The minimum absolute atomic E-state index is 0.493. The highest BCUT2D eigenvalue weighted by Gasteiger charge is 2.31. The van der Waals surface area contributed by atoms with E-state index < -0.39 is 5.60 Å². The summed E-state index contributed by atoms with van der Waals surface area (Å²) in [6.07, 6.45) is 6.42. The Kier molecular flexibility index (Phi) is 4.56. The lowest BCUT2D eigenvalue weighted by Crippen LogP contribution is -2.40. The number of rotatable bonds is 5. The molecule has 2 N–H and O–H groups in total. The van der Waals surface area contributed by atoms with E-state index >= 15 is 0 Å². The molecule has 2 heteroatoms. The van der Waals surface area contributed by atoms with Gasteiger partial charge in [-0.15, -0.1) is 6.58 Å². The van der Waals surface area contributed by atoms with Crippen LogP contribution in [0.2, 0.25) is 0 Å². The molecule has 1 saturated carbocycles. The molecular weight excluding hydrogens is 222 g/mol. The van der Waals surface area contributed by atoms with Crippen LogP contribution in [0.15, 0.2) is 43.0 Å². The molecule has 18 heavy (non-hydrogen) atoms. The molecule has 0 amide bonds. The highest BCUT2D eigenvalue weighted by molar-refractivity contribution is 5.14. The molecule has 1 aliphatic carbocycles. The van der Waals surface area contributed by atoms with E-state index in [1.54, 1.807) is 0 Å². The lowest BCUT2D eigenvalue weighted by Gasteiger charge is -2.35. The monoisotopic (exact) mass is 245 g/mol. The summed E-state index contributed by atoms with van der Waals surface area (Å²) < 4.78 is 0. The van der Waals surface area contributed by atoms with E-state index in [2.05, 4.69) is 36.2 Å². The minimum Gasteiger partial charge on any atom is -0.390 e. The summed E-state index contributed by atoms with van der Waals surface area (Å²) in [7, 11) is 0. The molecule has 0 radical (unpaired) electrons. The number of nitrogens with one attached hydrogen (secondary N) is 1.